The molecule has 8 nitrogen and oxygen atoms in total. The van der Waals surface area contributed by atoms with Crippen LogP contribution in [0.4, 0.5) is 0 Å². The Kier molecular flexibility index (Phi) is 35.8. The maximum Gasteiger partial charge on any atom is 0.306 e. The lowest BCUT2D eigenvalue weighted by atomic mass is 10.1. The van der Waals surface area contributed by atoms with E-state index >= 15 is 0 Å². The molecule has 0 aromatic carbocycles. The van der Waals surface area contributed by atoms with Gasteiger partial charge in [-0.05, 0) is 57.8 Å². The van der Waals surface area contributed by atoms with Gasteiger partial charge in [0, 0.05) is 19.3 Å². The van der Waals surface area contributed by atoms with E-state index in [4.69, 9.17) is 14.2 Å². The second-order valence-electron chi connectivity index (χ2n) is 15.9. The number of rotatable bonds is 39. The van der Waals surface area contributed by atoms with Crippen molar-refractivity contribution < 1.29 is 38.2 Å². The summed E-state index contributed by atoms with van der Waals surface area (Å²) < 4.78 is 17.0. The average molecular weight is 762 g/mol. The Morgan fingerprint density at radius 1 is 0.556 bits per heavy atom. The van der Waals surface area contributed by atoms with E-state index in [2.05, 4.69) is 44.2 Å². The van der Waals surface area contributed by atoms with E-state index in [1.165, 1.54) is 103 Å². The second-order valence-corrected chi connectivity index (χ2v) is 15.9. The molecule has 0 spiro atoms. The van der Waals surface area contributed by atoms with E-state index in [1.807, 2.05) is 6.08 Å². The lowest BCUT2D eigenvalue weighted by molar-refractivity contribution is -0.889. The predicted molar refractivity (Wildman–Crippen MR) is 222 cm³/mol. The number of carbonyl (C=O) groups is 3. The van der Waals surface area contributed by atoms with Crippen molar-refractivity contribution in [1.82, 2.24) is 0 Å². The summed E-state index contributed by atoms with van der Waals surface area (Å²) >= 11 is 0. The smallest absolute Gasteiger partial charge is 0.306 e. The minimum atomic E-state index is -1.13. The van der Waals surface area contributed by atoms with E-state index in [9.17, 15) is 19.5 Å². The molecule has 0 aliphatic carbocycles. The van der Waals surface area contributed by atoms with E-state index < -0.39 is 18.1 Å². The van der Waals surface area contributed by atoms with Crippen molar-refractivity contribution in [2.24, 2.45) is 0 Å². The summed E-state index contributed by atoms with van der Waals surface area (Å²) in [7, 11) is 5.39. The third-order valence-electron chi connectivity index (χ3n) is 9.76. The zero-order chi connectivity index (χ0) is 40.0. The van der Waals surface area contributed by atoms with Gasteiger partial charge in [-0.25, -0.2) is 0 Å². The van der Waals surface area contributed by atoms with Gasteiger partial charge >= 0.3 is 11.9 Å². The Labute approximate surface area is 332 Å². The van der Waals surface area contributed by atoms with Gasteiger partial charge in [-0.3, -0.25) is 9.59 Å². The Balaban J connectivity index is 4.25. The van der Waals surface area contributed by atoms with Crippen molar-refractivity contribution >= 4 is 17.9 Å². The predicted octanol–water partition coefficient (Wildman–Crippen LogP) is 10.5. The summed E-state index contributed by atoms with van der Waals surface area (Å²) in [5.41, 5.74) is 0. The van der Waals surface area contributed by atoms with Crippen molar-refractivity contribution in [1.29, 1.82) is 0 Å². The highest BCUT2D eigenvalue weighted by molar-refractivity contribution is 5.70. The molecule has 0 saturated carbocycles. The summed E-state index contributed by atoms with van der Waals surface area (Å²) in [6.45, 7) is 4.56. The summed E-state index contributed by atoms with van der Waals surface area (Å²) in [6, 6.07) is -0.730. The number of hydrogen-bond acceptors (Lipinski definition) is 7. The van der Waals surface area contributed by atoms with Gasteiger partial charge in [0.1, 0.15) is 12.6 Å². The number of quaternary nitrogens is 1. The van der Waals surface area contributed by atoms with Gasteiger partial charge in [-0.2, -0.15) is 0 Å². The Hall–Kier alpha value is -2.45. The lowest BCUT2D eigenvalue weighted by Gasteiger charge is -2.34. The molecule has 0 saturated heterocycles. The number of carbonyl (C=O) groups excluding carboxylic acids is 3. The largest absolute Gasteiger partial charge is 0.544 e. The van der Waals surface area contributed by atoms with E-state index in [1.54, 1.807) is 21.1 Å². The molecule has 0 heterocycles. The fourth-order valence-corrected chi connectivity index (χ4v) is 6.29. The van der Waals surface area contributed by atoms with Gasteiger partial charge in [-0.1, -0.05) is 147 Å². The standard InChI is InChI=1S/C46H83NO7/c1-6-8-10-12-14-16-17-18-19-20-21-22-23-24-25-26-27-28-29-31-33-35-37-45(49)54-42(40-52-39-38-43(46(50)51)47(3,4)5)41-53-44(48)36-34-32-30-15-13-11-9-7-2/h20-21,23-24,30,32,42-43H,6-19,22,25-29,31,33-41H2,1-5H3/b21-20+,24-23+,32-30+. The third kappa shape index (κ3) is 35.3. The minimum Gasteiger partial charge on any atom is -0.544 e. The molecule has 0 radical (unpaired) electrons. The first kappa shape index (κ1) is 51.5. The van der Waals surface area contributed by atoms with Crippen LogP contribution in [-0.2, 0) is 28.6 Å². The van der Waals surface area contributed by atoms with Crippen LogP contribution in [-0.4, -0.2) is 75.5 Å². The molecule has 0 aromatic rings. The number of carboxylic acids is 1. The number of carboxylic acid groups (broad SMARTS) is 1. The minimum absolute atomic E-state index is 0.0266. The molecular weight excluding hydrogens is 679 g/mol. The quantitative estimate of drug-likeness (QED) is 0.0266. The number of esters is 2. The van der Waals surface area contributed by atoms with E-state index in [-0.39, 0.29) is 49.1 Å². The second kappa shape index (κ2) is 37.5. The first-order valence-corrected chi connectivity index (χ1v) is 22.0. The molecule has 314 valence electrons. The van der Waals surface area contributed by atoms with Gasteiger partial charge in [0.15, 0.2) is 6.10 Å². The first-order valence-electron chi connectivity index (χ1n) is 22.0. The van der Waals surface area contributed by atoms with Crippen molar-refractivity contribution in [3.63, 3.8) is 0 Å². The molecule has 0 N–H and O–H groups in total. The van der Waals surface area contributed by atoms with Crippen molar-refractivity contribution in [3.8, 4) is 0 Å². The maximum absolute atomic E-state index is 12.7. The average Bonchev–Trinajstić information content (AvgIpc) is 3.12. The van der Waals surface area contributed by atoms with Crippen LogP contribution in [0.25, 0.3) is 0 Å². The van der Waals surface area contributed by atoms with Crippen LogP contribution in [0.3, 0.4) is 0 Å². The van der Waals surface area contributed by atoms with Crippen LogP contribution in [0.1, 0.15) is 187 Å². The third-order valence-corrected chi connectivity index (χ3v) is 9.76. The van der Waals surface area contributed by atoms with E-state index in [0.29, 0.717) is 12.8 Å². The number of nitrogens with zero attached hydrogens (tertiary/aromatic N) is 1. The Morgan fingerprint density at radius 3 is 1.54 bits per heavy atom. The summed E-state index contributed by atoms with van der Waals surface area (Å²) in [5.74, 6) is -1.81. The summed E-state index contributed by atoms with van der Waals surface area (Å²) in [4.78, 5) is 36.6. The SMILES string of the molecule is CCCCCC/C=C/CCC(=O)OCC(COCCC(C(=O)[O-])[N+](C)(C)C)OC(=O)CCCCCCCCC/C=C/C/C=C/CCCCCCCCCC. The van der Waals surface area contributed by atoms with Crippen LogP contribution in [0, 0.1) is 0 Å². The van der Waals surface area contributed by atoms with Crippen LogP contribution in [0.2, 0.25) is 0 Å². The topological polar surface area (TPSA) is 102 Å². The molecule has 2 unspecified atom stereocenters. The van der Waals surface area contributed by atoms with Gasteiger partial charge in [-0.15, -0.1) is 0 Å². The Bertz CT molecular complexity index is 984. The van der Waals surface area contributed by atoms with Crippen LogP contribution < -0.4 is 5.11 Å². The van der Waals surface area contributed by atoms with Crippen LogP contribution in [0.5, 0.6) is 0 Å². The van der Waals surface area contributed by atoms with E-state index in [0.717, 1.165) is 44.9 Å². The Morgan fingerprint density at radius 2 is 1.02 bits per heavy atom. The molecule has 2 atom stereocenters. The highest BCUT2D eigenvalue weighted by atomic mass is 16.6. The summed E-state index contributed by atoms with van der Waals surface area (Å²) in [6.07, 6.45) is 42.0. The van der Waals surface area contributed by atoms with Gasteiger partial charge in [0.25, 0.3) is 0 Å². The van der Waals surface area contributed by atoms with Crippen LogP contribution >= 0.6 is 0 Å². The molecule has 0 fully saturated rings. The monoisotopic (exact) mass is 762 g/mol. The molecule has 0 amide bonds. The molecule has 0 rings (SSSR count). The molecule has 0 bridgehead atoms. The highest BCUT2D eigenvalue weighted by Crippen LogP contribution is 2.13. The number of ether oxygens (including phenoxy) is 3. The zero-order valence-corrected chi connectivity index (χ0v) is 35.6. The number of aliphatic carboxylic acids is 1. The molecule has 8 heteroatoms. The highest BCUT2D eigenvalue weighted by Gasteiger charge is 2.25. The number of unbranched alkanes of at least 4 members (excludes halogenated alkanes) is 19. The summed E-state index contributed by atoms with van der Waals surface area (Å²) in [5, 5.41) is 11.6. The van der Waals surface area contributed by atoms with Gasteiger partial charge in [0.2, 0.25) is 0 Å². The van der Waals surface area contributed by atoms with Crippen molar-refractivity contribution in [2.45, 2.75) is 199 Å². The molecule has 0 aliphatic heterocycles. The van der Waals surface area contributed by atoms with Crippen molar-refractivity contribution in [3.05, 3.63) is 36.5 Å². The van der Waals surface area contributed by atoms with Crippen molar-refractivity contribution in [2.75, 3.05) is 41.0 Å². The fourth-order valence-electron chi connectivity index (χ4n) is 6.29. The molecule has 0 aliphatic rings. The number of hydrogen-bond donors (Lipinski definition) is 0. The van der Waals surface area contributed by atoms with Gasteiger partial charge in [0.05, 0.1) is 40.3 Å². The fraction of sp³-hybridized carbons (Fsp3) is 0.804. The van der Waals surface area contributed by atoms with Gasteiger partial charge < -0.3 is 28.6 Å². The molecule has 0 aromatic heterocycles. The first-order chi connectivity index (χ1) is 26.1. The zero-order valence-electron chi connectivity index (χ0n) is 35.6. The number of allylic oxidation sites excluding steroid dienone is 6. The van der Waals surface area contributed by atoms with Crippen LogP contribution in [0.15, 0.2) is 36.5 Å². The number of likely N-dealkylation sites (N-methyl/N-ethyl adjacent to an activating group) is 1. The molecular formula is C46H83NO7. The maximum atomic E-state index is 12.7. The lowest BCUT2D eigenvalue weighted by Crippen LogP contribution is -2.55. The molecule has 54 heavy (non-hydrogen) atoms. The normalized spacial score (nSPS) is 13.3.